The van der Waals surface area contributed by atoms with E-state index in [4.69, 9.17) is 17.3 Å². The number of amides is 2. The second kappa shape index (κ2) is 7.57. The molecular formula is C20H22BrClN2O2S. The molecule has 1 unspecified atom stereocenters. The van der Waals surface area contributed by atoms with Crippen molar-refractivity contribution in [1.82, 2.24) is 0 Å². The predicted octanol–water partition coefficient (Wildman–Crippen LogP) is 5.67. The maximum Gasteiger partial charge on any atom is 0.257 e. The van der Waals surface area contributed by atoms with Crippen LogP contribution in [0.2, 0.25) is 5.02 Å². The Bertz CT molecular complexity index is 917. The van der Waals surface area contributed by atoms with Crippen molar-refractivity contribution >= 4 is 55.7 Å². The van der Waals surface area contributed by atoms with Gasteiger partial charge in [-0.25, -0.2) is 0 Å². The number of hydrogen-bond donors (Lipinski definition) is 2. The highest BCUT2D eigenvalue weighted by molar-refractivity contribution is 9.10. The van der Waals surface area contributed by atoms with Gasteiger partial charge < -0.3 is 11.1 Å². The van der Waals surface area contributed by atoms with Gasteiger partial charge in [0.1, 0.15) is 5.00 Å². The minimum absolute atomic E-state index is 0.196. The number of carbonyl (C=O) groups excluding carboxylic acids is 2. The van der Waals surface area contributed by atoms with Crippen LogP contribution in [0.3, 0.4) is 0 Å². The van der Waals surface area contributed by atoms with Gasteiger partial charge in [0.25, 0.3) is 11.8 Å². The third-order valence-corrected chi connectivity index (χ3v) is 7.13. The maximum absolute atomic E-state index is 12.7. The van der Waals surface area contributed by atoms with Gasteiger partial charge in [-0.05, 0) is 54.4 Å². The average molecular weight is 470 g/mol. The van der Waals surface area contributed by atoms with E-state index in [1.807, 2.05) is 0 Å². The number of anilines is 1. The lowest BCUT2D eigenvalue weighted by Gasteiger charge is -2.33. The zero-order chi connectivity index (χ0) is 19.9. The molecule has 0 bridgehead atoms. The van der Waals surface area contributed by atoms with Crippen molar-refractivity contribution in [3.8, 4) is 0 Å². The van der Waals surface area contributed by atoms with Gasteiger partial charge in [0.15, 0.2) is 0 Å². The van der Waals surface area contributed by atoms with E-state index < -0.39 is 5.91 Å². The summed E-state index contributed by atoms with van der Waals surface area (Å²) in [6.07, 6.45) is 2.72. The van der Waals surface area contributed by atoms with Crippen LogP contribution in [0.25, 0.3) is 0 Å². The second-order valence-electron chi connectivity index (χ2n) is 7.96. The number of primary amides is 1. The van der Waals surface area contributed by atoms with Gasteiger partial charge in [-0.15, -0.1) is 11.3 Å². The standard InChI is InChI=1S/C20H22BrClN2O2S/c1-20(2,3)10-4-6-12-15(8-10)27-19(16(12)17(23)25)24-18(26)13-9-11(21)5-7-14(13)22/h5,7,9-10H,4,6,8H2,1-3H3,(H2,23,25)(H,24,26). The molecule has 0 saturated heterocycles. The first-order valence-corrected chi connectivity index (χ1v) is 10.8. The van der Waals surface area contributed by atoms with Gasteiger partial charge in [-0.1, -0.05) is 48.3 Å². The lowest BCUT2D eigenvalue weighted by Crippen LogP contribution is -2.27. The molecule has 2 amide bonds. The van der Waals surface area contributed by atoms with Crippen LogP contribution in [0.5, 0.6) is 0 Å². The molecule has 0 spiro atoms. The summed E-state index contributed by atoms with van der Waals surface area (Å²) in [7, 11) is 0. The van der Waals surface area contributed by atoms with E-state index in [0.717, 1.165) is 34.2 Å². The van der Waals surface area contributed by atoms with Crippen LogP contribution in [0.1, 0.15) is 58.3 Å². The number of thiophene rings is 1. The zero-order valence-corrected chi connectivity index (χ0v) is 18.6. The molecular weight excluding hydrogens is 448 g/mol. The number of fused-ring (bicyclic) bond motifs is 1. The summed E-state index contributed by atoms with van der Waals surface area (Å²) < 4.78 is 0.755. The average Bonchev–Trinajstić information content (AvgIpc) is 2.93. The van der Waals surface area contributed by atoms with Crippen molar-refractivity contribution in [1.29, 1.82) is 0 Å². The van der Waals surface area contributed by atoms with E-state index in [1.165, 1.54) is 11.3 Å². The van der Waals surface area contributed by atoms with Crippen LogP contribution < -0.4 is 11.1 Å². The molecule has 1 aliphatic rings. The monoisotopic (exact) mass is 468 g/mol. The first-order chi connectivity index (χ1) is 12.6. The zero-order valence-electron chi connectivity index (χ0n) is 15.5. The molecule has 0 saturated carbocycles. The molecule has 4 nitrogen and oxygen atoms in total. The number of nitrogens with one attached hydrogen (secondary N) is 1. The van der Waals surface area contributed by atoms with E-state index in [-0.39, 0.29) is 11.3 Å². The first kappa shape index (κ1) is 20.4. The van der Waals surface area contributed by atoms with Crippen LogP contribution in [0, 0.1) is 11.3 Å². The summed E-state index contributed by atoms with van der Waals surface area (Å²) in [6, 6.07) is 5.08. The molecule has 1 atom stereocenters. The first-order valence-electron chi connectivity index (χ1n) is 8.78. The Balaban J connectivity index is 1.95. The van der Waals surface area contributed by atoms with Crippen molar-refractivity contribution in [3.63, 3.8) is 0 Å². The fourth-order valence-corrected chi connectivity index (χ4v) is 5.41. The van der Waals surface area contributed by atoms with E-state index in [2.05, 4.69) is 42.0 Å². The summed E-state index contributed by atoms with van der Waals surface area (Å²) in [5.41, 5.74) is 7.63. The number of hydrogen-bond acceptors (Lipinski definition) is 3. The number of benzene rings is 1. The highest BCUT2D eigenvalue weighted by Crippen LogP contribution is 2.44. The van der Waals surface area contributed by atoms with Gasteiger partial charge >= 0.3 is 0 Å². The molecule has 1 heterocycles. The van der Waals surface area contributed by atoms with Crippen LogP contribution in [-0.2, 0) is 12.8 Å². The van der Waals surface area contributed by atoms with E-state index >= 15 is 0 Å². The molecule has 7 heteroatoms. The smallest absolute Gasteiger partial charge is 0.257 e. The predicted molar refractivity (Wildman–Crippen MR) is 115 cm³/mol. The summed E-state index contributed by atoms with van der Waals surface area (Å²) in [5, 5.41) is 3.73. The minimum Gasteiger partial charge on any atom is -0.365 e. The van der Waals surface area contributed by atoms with Crippen molar-refractivity contribution < 1.29 is 9.59 Å². The van der Waals surface area contributed by atoms with Crippen LogP contribution in [0.15, 0.2) is 22.7 Å². The fourth-order valence-electron chi connectivity index (χ4n) is 3.52. The summed E-state index contributed by atoms with van der Waals surface area (Å²) in [5.74, 6) is -0.320. The summed E-state index contributed by atoms with van der Waals surface area (Å²) in [4.78, 5) is 26.0. The molecule has 2 aromatic rings. The third-order valence-electron chi connectivity index (χ3n) is 5.14. The van der Waals surface area contributed by atoms with Crippen molar-refractivity contribution in [2.45, 2.75) is 40.0 Å². The molecule has 0 aliphatic heterocycles. The molecule has 3 N–H and O–H groups in total. The topological polar surface area (TPSA) is 72.2 Å². The summed E-state index contributed by atoms with van der Waals surface area (Å²) >= 11 is 11.0. The van der Waals surface area contributed by atoms with E-state index in [1.54, 1.807) is 18.2 Å². The molecule has 0 radical (unpaired) electrons. The number of rotatable bonds is 3. The van der Waals surface area contributed by atoms with Crippen LogP contribution >= 0.6 is 38.9 Å². The van der Waals surface area contributed by atoms with E-state index in [0.29, 0.717) is 27.1 Å². The normalized spacial score (nSPS) is 16.7. The number of nitrogens with two attached hydrogens (primary N) is 1. The Morgan fingerprint density at radius 1 is 1.33 bits per heavy atom. The van der Waals surface area contributed by atoms with Crippen LogP contribution in [-0.4, -0.2) is 11.8 Å². The highest BCUT2D eigenvalue weighted by Gasteiger charge is 2.33. The van der Waals surface area contributed by atoms with Gasteiger partial charge in [0.05, 0.1) is 16.1 Å². The fraction of sp³-hybridized carbons (Fsp3) is 0.400. The molecule has 1 aliphatic carbocycles. The Labute approximate surface area is 176 Å². The summed E-state index contributed by atoms with van der Waals surface area (Å²) in [6.45, 7) is 6.72. The van der Waals surface area contributed by atoms with Gasteiger partial charge in [-0.2, -0.15) is 0 Å². The minimum atomic E-state index is -0.502. The highest BCUT2D eigenvalue weighted by atomic mass is 79.9. The Hall–Kier alpha value is -1.37. The van der Waals surface area contributed by atoms with Gasteiger partial charge in [0, 0.05) is 9.35 Å². The lowest BCUT2D eigenvalue weighted by molar-refractivity contribution is 0.1000. The van der Waals surface area contributed by atoms with Crippen molar-refractivity contribution in [2.24, 2.45) is 17.1 Å². The molecule has 144 valence electrons. The van der Waals surface area contributed by atoms with Crippen LogP contribution in [0.4, 0.5) is 5.00 Å². The molecule has 3 rings (SSSR count). The molecule has 27 heavy (non-hydrogen) atoms. The lowest BCUT2D eigenvalue weighted by atomic mass is 9.72. The Morgan fingerprint density at radius 3 is 2.67 bits per heavy atom. The van der Waals surface area contributed by atoms with Crippen molar-refractivity contribution in [2.75, 3.05) is 5.32 Å². The molecule has 1 aromatic heterocycles. The Morgan fingerprint density at radius 2 is 2.04 bits per heavy atom. The Kier molecular flexibility index (Phi) is 5.71. The quantitative estimate of drug-likeness (QED) is 0.608. The maximum atomic E-state index is 12.7. The third kappa shape index (κ3) is 4.23. The number of carbonyl (C=O) groups is 2. The SMILES string of the molecule is CC(C)(C)C1CCc2c(sc(NC(=O)c3cc(Br)ccc3Cl)c2C(N)=O)C1. The van der Waals surface area contributed by atoms with Gasteiger partial charge in [-0.3, -0.25) is 9.59 Å². The van der Waals surface area contributed by atoms with Gasteiger partial charge in [0.2, 0.25) is 0 Å². The molecule has 0 fully saturated rings. The van der Waals surface area contributed by atoms with E-state index in [9.17, 15) is 9.59 Å². The molecule has 1 aromatic carbocycles. The number of halogens is 2. The van der Waals surface area contributed by atoms with Crippen molar-refractivity contribution in [3.05, 3.63) is 49.3 Å². The largest absolute Gasteiger partial charge is 0.365 e. The second-order valence-corrected chi connectivity index (χ2v) is 10.4.